The summed E-state index contributed by atoms with van der Waals surface area (Å²) in [7, 11) is 0. The van der Waals surface area contributed by atoms with Crippen molar-refractivity contribution in [1.29, 1.82) is 0 Å². The molecule has 4 aromatic carbocycles. The van der Waals surface area contributed by atoms with E-state index in [9.17, 15) is 4.79 Å². The van der Waals surface area contributed by atoms with Crippen LogP contribution in [0, 0.1) is 0 Å². The van der Waals surface area contributed by atoms with Crippen LogP contribution in [0.2, 0.25) is 0 Å². The van der Waals surface area contributed by atoms with E-state index in [0.717, 1.165) is 38.4 Å². The summed E-state index contributed by atoms with van der Waals surface area (Å²) in [6.07, 6.45) is 1.37. The monoisotopic (exact) mass is 392 g/mol. The Labute approximate surface area is 174 Å². The highest BCUT2D eigenvalue weighted by Gasteiger charge is 2.21. The molecule has 30 heavy (non-hydrogen) atoms. The third kappa shape index (κ3) is 3.46. The molecule has 5 aromatic rings. The smallest absolute Gasteiger partial charge is 0.311 e. The van der Waals surface area contributed by atoms with E-state index in [1.807, 2.05) is 84.9 Å². The summed E-state index contributed by atoms with van der Waals surface area (Å²) in [5.41, 5.74) is 3.50. The van der Waals surface area contributed by atoms with Crippen LogP contribution in [0.15, 0.2) is 108 Å². The first-order valence-electron chi connectivity index (χ1n) is 9.97. The minimum absolute atomic E-state index is 0.150. The van der Waals surface area contributed by atoms with Gasteiger partial charge in [-0.2, -0.15) is 0 Å². The van der Waals surface area contributed by atoms with Crippen molar-refractivity contribution in [2.75, 3.05) is 0 Å². The molecule has 1 heterocycles. The van der Waals surface area contributed by atoms with E-state index < -0.39 is 6.10 Å². The van der Waals surface area contributed by atoms with Gasteiger partial charge in [-0.05, 0) is 28.0 Å². The molecule has 3 nitrogen and oxygen atoms in total. The molecule has 3 heteroatoms. The normalized spacial score (nSPS) is 11.2. The minimum Gasteiger partial charge on any atom is -0.464 e. The third-order valence-corrected chi connectivity index (χ3v) is 5.33. The molecule has 5 rings (SSSR count). The number of benzene rings is 4. The number of carbonyl (C=O) groups is 1. The summed E-state index contributed by atoms with van der Waals surface area (Å²) in [6.45, 7) is 0. The van der Waals surface area contributed by atoms with Gasteiger partial charge in [-0.3, -0.25) is 4.79 Å². The second-order valence-corrected chi connectivity index (χ2v) is 7.29. The molecule has 0 radical (unpaired) electrons. The quantitative estimate of drug-likeness (QED) is 0.322. The summed E-state index contributed by atoms with van der Waals surface area (Å²) in [5.74, 6) is -0.289. The van der Waals surface area contributed by atoms with E-state index in [4.69, 9.17) is 9.15 Å². The highest BCUT2D eigenvalue weighted by Crippen LogP contribution is 2.31. The minimum atomic E-state index is -0.449. The van der Waals surface area contributed by atoms with Gasteiger partial charge in [0.05, 0.1) is 12.7 Å². The molecule has 0 saturated heterocycles. The van der Waals surface area contributed by atoms with Crippen LogP contribution >= 0.6 is 0 Å². The Kier molecular flexibility index (Phi) is 4.78. The van der Waals surface area contributed by atoms with Crippen LogP contribution in [0.5, 0.6) is 0 Å². The molecule has 0 unspecified atom stereocenters. The van der Waals surface area contributed by atoms with Crippen LogP contribution in [0.4, 0.5) is 0 Å². The van der Waals surface area contributed by atoms with Crippen molar-refractivity contribution in [3.8, 4) is 0 Å². The Morgan fingerprint density at radius 1 is 0.767 bits per heavy atom. The Morgan fingerprint density at radius 2 is 1.40 bits per heavy atom. The maximum absolute atomic E-state index is 13.0. The van der Waals surface area contributed by atoms with Crippen LogP contribution in [-0.4, -0.2) is 5.97 Å². The van der Waals surface area contributed by atoms with Gasteiger partial charge >= 0.3 is 5.97 Å². The average Bonchev–Trinajstić information content (AvgIpc) is 3.22. The fourth-order valence-corrected chi connectivity index (χ4v) is 3.92. The Balaban J connectivity index is 1.47. The van der Waals surface area contributed by atoms with E-state index in [0.29, 0.717) is 0 Å². The van der Waals surface area contributed by atoms with Gasteiger partial charge in [-0.1, -0.05) is 91.0 Å². The molecule has 0 aliphatic carbocycles. The third-order valence-electron chi connectivity index (χ3n) is 5.33. The van der Waals surface area contributed by atoms with Crippen molar-refractivity contribution < 1.29 is 13.9 Å². The Morgan fingerprint density at radius 3 is 2.10 bits per heavy atom. The van der Waals surface area contributed by atoms with E-state index in [2.05, 4.69) is 12.1 Å². The molecule has 0 aliphatic rings. The molecule has 0 atom stereocenters. The zero-order valence-electron chi connectivity index (χ0n) is 16.3. The van der Waals surface area contributed by atoms with Crippen LogP contribution < -0.4 is 0 Å². The predicted octanol–water partition coefficient (Wildman–Crippen LogP) is 6.46. The fourth-order valence-electron chi connectivity index (χ4n) is 3.92. The van der Waals surface area contributed by atoms with E-state index in [-0.39, 0.29) is 12.4 Å². The lowest BCUT2D eigenvalue weighted by Gasteiger charge is -2.19. The first-order valence-corrected chi connectivity index (χ1v) is 9.97. The average molecular weight is 392 g/mol. The van der Waals surface area contributed by atoms with Crippen LogP contribution in [-0.2, 0) is 16.0 Å². The fraction of sp³-hybridized carbons (Fsp3) is 0.0741. The van der Waals surface area contributed by atoms with Gasteiger partial charge in [0.25, 0.3) is 0 Å². The number of fused-ring (bicyclic) bond motifs is 3. The zero-order chi connectivity index (χ0) is 20.3. The first kappa shape index (κ1) is 18.2. The second-order valence-electron chi connectivity index (χ2n) is 7.29. The lowest BCUT2D eigenvalue weighted by atomic mass is 10.0. The molecule has 0 spiro atoms. The number of hydrogen-bond donors (Lipinski definition) is 0. The van der Waals surface area contributed by atoms with Gasteiger partial charge in [0, 0.05) is 10.9 Å². The molecule has 146 valence electrons. The maximum Gasteiger partial charge on any atom is 0.311 e. The van der Waals surface area contributed by atoms with E-state index in [1.54, 1.807) is 6.26 Å². The molecule has 0 N–H and O–H groups in total. The standard InChI is InChI=1S/C27H20O3/c28-25(30-27(20-10-3-1-4-11-20)21-12-5-2-6-13-21)17-22-18-29-24-16-15-19-9-7-8-14-23(19)26(22)24/h1-16,18,27H,17H2. The number of carbonyl (C=O) groups excluding carboxylic acids is 1. The zero-order valence-corrected chi connectivity index (χ0v) is 16.3. The molecule has 0 fully saturated rings. The summed E-state index contributed by atoms with van der Waals surface area (Å²) < 4.78 is 11.7. The lowest BCUT2D eigenvalue weighted by molar-refractivity contribution is -0.146. The van der Waals surface area contributed by atoms with Crippen LogP contribution in [0.3, 0.4) is 0 Å². The van der Waals surface area contributed by atoms with E-state index in [1.165, 1.54) is 0 Å². The van der Waals surface area contributed by atoms with Crippen molar-refractivity contribution in [2.45, 2.75) is 12.5 Å². The Bertz CT molecular complexity index is 1260. The molecule has 0 bridgehead atoms. The summed E-state index contributed by atoms with van der Waals surface area (Å²) in [5, 5.41) is 3.17. The largest absolute Gasteiger partial charge is 0.464 e. The van der Waals surface area contributed by atoms with Gasteiger partial charge in [0.2, 0.25) is 0 Å². The highest BCUT2D eigenvalue weighted by atomic mass is 16.5. The topological polar surface area (TPSA) is 39.4 Å². The summed E-state index contributed by atoms with van der Waals surface area (Å²) in [6, 6.07) is 31.7. The number of ether oxygens (including phenoxy) is 1. The van der Waals surface area contributed by atoms with Crippen molar-refractivity contribution in [2.24, 2.45) is 0 Å². The van der Waals surface area contributed by atoms with Crippen molar-refractivity contribution in [3.05, 3.63) is 120 Å². The molecule has 0 saturated carbocycles. The molecular weight excluding hydrogens is 372 g/mol. The SMILES string of the molecule is O=C(Cc1coc2ccc3ccccc3c12)OC(c1ccccc1)c1ccccc1. The van der Waals surface area contributed by atoms with Gasteiger partial charge in [0.15, 0.2) is 6.10 Å². The number of rotatable bonds is 5. The summed E-state index contributed by atoms with van der Waals surface area (Å²) >= 11 is 0. The van der Waals surface area contributed by atoms with Crippen molar-refractivity contribution >= 4 is 27.7 Å². The van der Waals surface area contributed by atoms with Gasteiger partial charge in [0.1, 0.15) is 5.58 Å². The van der Waals surface area contributed by atoms with Crippen molar-refractivity contribution in [3.63, 3.8) is 0 Å². The summed E-state index contributed by atoms with van der Waals surface area (Å²) in [4.78, 5) is 13.0. The molecule has 0 aliphatic heterocycles. The molecule has 0 amide bonds. The maximum atomic E-state index is 13.0. The predicted molar refractivity (Wildman–Crippen MR) is 118 cm³/mol. The van der Waals surface area contributed by atoms with Gasteiger partial charge in [-0.25, -0.2) is 0 Å². The molecule has 1 aromatic heterocycles. The number of esters is 1. The molecular formula is C27H20O3. The first-order chi connectivity index (χ1) is 14.8. The number of furan rings is 1. The highest BCUT2D eigenvalue weighted by molar-refractivity contribution is 6.08. The Hall–Kier alpha value is -3.85. The second kappa shape index (κ2) is 7.88. The van der Waals surface area contributed by atoms with Crippen LogP contribution in [0.25, 0.3) is 21.7 Å². The van der Waals surface area contributed by atoms with Crippen molar-refractivity contribution in [1.82, 2.24) is 0 Å². The van der Waals surface area contributed by atoms with Crippen LogP contribution in [0.1, 0.15) is 22.8 Å². The van der Waals surface area contributed by atoms with E-state index >= 15 is 0 Å². The number of hydrogen-bond acceptors (Lipinski definition) is 3. The van der Waals surface area contributed by atoms with Gasteiger partial charge < -0.3 is 9.15 Å². The van der Waals surface area contributed by atoms with Gasteiger partial charge in [-0.15, -0.1) is 0 Å². The lowest BCUT2D eigenvalue weighted by Crippen LogP contribution is -2.14.